The summed E-state index contributed by atoms with van der Waals surface area (Å²) in [4.78, 5) is 15.9. The van der Waals surface area contributed by atoms with Crippen LogP contribution < -0.4 is 0 Å². The summed E-state index contributed by atoms with van der Waals surface area (Å²) in [5.41, 5.74) is 1.03. The van der Waals surface area contributed by atoms with Crippen LogP contribution in [0, 0.1) is 0 Å². The van der Waals surface area contributed by atoms with E-state index in [0.29, 0.717) is 15.5 Å². The number of ether oxygens (including phenoxy) is 1. The quantitative estimate of drug-likeness (QED) is 0.605. The molecular formula is C14H7BrClNO3. The summed E-state index contributed by atoms with van der Waals surface area (Å²) in [6.45, 7) is 0. The van der Waals surface area contributed by atoms with E-state index in [1.165, 1.54) is 0 Å². The molecule has 2 aromatic rings. The van der Waals surface area contributed by atoms with Crippen molar-refractivity contribution in [2.45, 2.75) is 0 Å². The van der Waals surface area contributed by atoms with E-state index in [9.17, 15) is 4.79 Å². The van der Waals surface area contributed by atoms with Gasteiger partial charge >= 0.3 is 5.97 Å². The molecule has 0 N–H and O–H groups in total. The Labute approximate surface area is 127 Å². The molecule has 6 heteroatoms. The van der Waals surface area contributed by atoms with E-state index >= 15 is 0 Å². The number of furan rings is 1. The second-order valence-corrected chi connectivity index (χ2v) is 5.21. The van der Waals surface area contributed by atoms with E-state index in [1.54, 1.807) is 42.5 Å². The molecule has 2 heterocycles. The number of carbonyl (C=O) groups excluding carboxylic acids is 1. The fourth-order valence-corrected chi connectivity index (χ4v) is 2.09. The predicted octanol–water partition coefficient (Wildman–Crippen LogP) is 4.04. The van der Waals surface area contributed by atoms with Gasteiger partial charge in [-0.05, 0) is 51.8 Å². The summed E-state index contributed by atoms with van der Waals surface area (Å²) >= 11 is 8.99. The maximum atomic E-state index is 11.8. The molecule has 3 rings (SSSR count). The number of esters is 1. The van der Waals surface area contributed by atoms with Gasteiger partial charge in [0.15, 0.2) is 16.1 Å². The van der Waals surface area contributed by atoms with Crippen molar-refractivity contribution in [2.24, 2.45) is 4.99 Å². The normalized spacial score (nSPS) is 16.4. The summed E-state index contributed by atoms with van der Waals surface area (Å²) in [6, 6.07) is 10.4. The molecule has 4 nitrogen and oxygen atoms in total. The minimum Gasteiger partial charge on any atom is -0.444 e. The highest BCUT2D eigenvalue weighted by Crippen LogP contribution is 2.22. The van der Waals surface area contributed by atoms with Gasteiger partial charge in [0.25, 0.3) is 5.90 Å². The van der Waals surface area contributed by atoms with Crippen molar-refractivity contribution >= 4 is 45.5 Å². The zero-order valence-corrected chi connectivity index (χ0v) is 12.3. The molecule has 0 amide bonds. The van der Waals surface area contributed by atoms with Gasteiger partial charge in [-0.15, -0.1) is 0 Å². The first kappa shape index (κ1) is 13.1. The zero-order valence-electron chi connectivity index (χ0n) is 9.97. The van der Waals surface area contributed by atoms with Crippen LogP contribution in [0.5, 0.6) is 0 Å². The molecule has 1 aromatic carbocycles. The molecule has 1 aromatic heterocycles. The highest BCUT2D eigenvalue weighted by Gasteiger charge is 2.26. The van der Waals surface area contributed by atoms with Crippen LogP contribution >= 0.6 is 27.5 Å². The molecule has 1 aliphatic heterocycles. The topological polar surface area (TPSA) is 51.8 Å². The van der Waals surface area contributed by atoms with Gasteiger partial charge in [0.1, 0.15) is 0 Å². The molecule has 100 valence electrons. The van der Waals surface area contributed by atoms with Crippen molar-refractivity contribution in [3.63, 3.8) is 0 Å². The average Bonchev–Trinajstić information content (AvgIpc) is 3.00. The van der Waals surface area contributed by atoms with Crippen LogP contribution in [-0.4, -0.2) is 11.9 Å². The number of aliphatic imine (C=N–C) groups is 1. The molecule has 20 heavy (non-hydrogen) atoms. The van der Waals surface area contributed by atoms with Crippen LogP contribution in [-0.2, 0) is 9.53 Å². The van der Waals surface area contributed by atoms with E-state index in [0.717, 1.165) is 5.56 Å². The van der Waals surface area contributed by atoms with Crippen LogP contribution in [0.1, 0.15) is 11.3 Å². The summed E-state index contributed by atoms with van der Waals surface area (Å²) in [5.74, 6) is 0.0353. The highest BCUT2D eigenvalue weighted by molar-refractivity contribution is 9.10. The second-order valence-electron chi connectivity index (χ2n) is 3.99. The van der Waals surface area contributed by atoms with E-state index in [1.807, 2.05) is 0 Å². The van der Waals surface area contributed by atoms with Crippen molar-refractivity contribution < 1.29 is 13.9 Å². The standard InChI is InChI=1S/C14H7BrClNO3/c15-12-6-5-11(19-12)13-17-10(14(18)20-13)7-8-1-3-9(16)4-2-8/h1-7H/b10-7+. The van der Waals surface area contributed by atoms with Crippen molar-refractivity contribution in [3.8, 4) is 0 Å². The van der Waals surface area contributed by atoms with Gasteiger partial charge < -0.3 is 9.15 Å². The van der Waals surface area contributed by atoms with Crippen molar-refractivity contribution in [3.05, 3.63) is 63.1 Å². The van der Waals surface area contributed by atoms with E-state index in [2.05, 4.69) is 20.9 Å². The summed E-state index contributed by atoms with van der Waals surface area (Å²) in [7, 11) is 0. The lowest BCUT2D eigenvalue weighted by Gasteiger charge is -1.94. The van der Waals surface area contributed by atoms with E-state index in [4.69, 9.17) is 20.8 Å². The third kappa shape index (κ3) is 2.69. The summed E-state index contributed by atoms with van der Waals surface area (Å²) in [5, 5.41) is 0.630. The molecule has 0 radical (unpaired) electrons. The number of cyclic esters (lactones) is 1. The van der Waals surface area contributed by atoms with Gasteiger partial charge in [-0.1, -0.05) is 23.7 Å². The van der Waals surface area contributed by atoms with Gasteiger partial charge in [0.05, 0.1) is 0 Å². The van der Waals surface area contributed by atoms with Crippen LogP contribution in [0.25, 0.3) is 6.08 Å². The minimum atomic E-state index is -0.512. The highest BCUT2D eigenvalue weighted by atomic mass is 79.9. The Morgan fingerprint density at radius 1 is 1.15 bits per heavy atom. The van der Waals surface area contributed by atoms with Gasteiger partial charge in [-0.2, -0.15) is 0 Å². The number of halogens is 2. The molecule has 0 unspecified atom stereocenters. The first-order valence-corrected chi connectivity index (χ1v) is 6.83. The Morgan fingerprint density at radius 2 is 1.90 bits per heavy atom. The monoisotopic (exact) mass is 351 g/mol. The predicted molar refractivity (Wildman–Crippen MR) is 78.5 cm³/mol. The fourth-order valence-electron chi connectivity index (χ4n) is 1.66. The smallest absolute Gasteiger partial charge is 0.363 e. The Kier molecular flexibility index (Phi) is 3.46. The Morgan fingerprint density at radius 3 is 2.55 bits per heavy atom. The fraction of sp³-hybridized carbons (Fsp3) is 0. The van der Waals surface area contributed by atoms with E-state index < -0.39 is 5.97 Å². The molecule has 0 aliphatic carbocycles. The summed E-state index contributed by atoms with van der Waals surface area (Å²) < 4.78 is 10.9. The van der Waals surface area contributed by atoms with Gasteiger partial charge in [0, 0.05) is 5.02 Å². The number of carbonyl (C=O) groups is 1. The molecule has 0 saturated carbocycles. The second kappa shape index (κ2) is 5.26. The summed E-state index contributed by atoms with van der Waals surface area (Å²) in [6.07, 6.45) is 1.63. The van der Waals surface area contributed by atoms with Crippen LogP contribution in [0.2, 0.25) is 5.02 Å². The van der Waals surface area contributed by atoms with E-state index in [-0.39, 0.29) is 11.6 Å². The largest absolute Gasteiger partial charge is 0.444 e. The van der Waals surface area contributed by atoms with Gasteiger partial charge in [-0.3, -0.25) is 0 Å². The number of hydrogen-bond donors (Lipinski definition) is 0. The number of rotatable bonds is 2. The van der Waals surface area contributed by atoms with Crippen LogP contribution in [0.15, 0.2) is 56.2 Å². The Bertz CT molecular complexity index is 731. The van der Waals surface area contributed by atoms with Gasteiger partial charge in [0.2, 0.25) is 0 Å². The number of hydrogen-bond acceptors (Lipinski definition) is 4. The Hall–Kier alpha value is -1.85. The molecule has 0 saturated heterocycles. The van der Waals surface area contributed by atoms with Gasteiger partial charge in [-0.25, -0.2) is 9.79 Å². The minimum absolute atomic E-state index is 0.154. The molecule has 0 spiro atoms. The van der Waals surface area contributed by atoms with Crippen molar-refractivity contribution in [1.29, 1.82) is 0 Å². The lowest BCUT2D eigenvalue weighted by Crippen LogP contribution is -2.04. The number of nitrogens with zero attached hydrogens (tertiary/aromatic N) is 1. The maximum Gasteiger partial charge on any atom is 0.363 e. The molecule has 0 atom stereocenters. The molecular weight excluding hydrogens is 346 g/mol. The lowest BCUT2D eigenvalue weighted by molar-refractivity contribution is -0.130. The molecule has 1 aliphatic rings. The molecule has 0 fully saturated rings. The Balaban J connectivity index is 1.92. The zero-order chi connectivity index (χ0) is 14.1. The van der Waals surface area contributed by atoms with Crippen molar-refractivity contribution in [2.75, 3.05) is 0 Å². The number of benzene rings is 1. The average molecular weight is 353 g/mol. The first-order valence-electron chi connectivity index (χ1n) is 5.66. The SMILES string of the molecule is O=C1OC(c2ccc(Br)o2)=N/C1=C/c1ccc(Cl)cc1. The first-order chi connectivity index (χ1) is 9.61. The third-order valence-electron chi connectivity index (χ3n) is 2.58. The van der Waals surface area contributed by atoms with Crippen LogP contribution in [0.3, 0.4) is 0 Å². The molecule has 0 bridgehead atoms. The van der Waals surface area contributed by atoms with Crippen molar-refractivity contribution in [1.82, 2.24) is 0 Å². The lowest BCUT2D eigenvalue weighted by atomic mass is 10.2. The maximum absolute atomic E-state index is 11.8. The van der Waals surface area contributed by atoms with Crippen LogP contribution in [0.4, 0.5) is 0 Å². The third-order valence-corrected chi connectivity index (χ3v) is 3.26.